The van der Waals surface area contributed by atoms with E-state index in [1.54, 1.807) is 6.07 Å². The summed E-state index contributed by atoms with van der Waals surface area (Å²) in [6.45, 7) is 0. The van der Waals surface area contributed by atoms with Crippen LogP contribution in [0.15, 0.2) is 23.1 Å². The Bertz CT molecular complexity index is 480. The maximum absolute atomic E-state index is 10.5. The molecule has 0 aliphatic heterocycles. The molecule has 0 aliphatic rings. The minimum absolute atomic E-state index is 0.256. The van der Waals surface area contributed by atoms with Crippen molar-refractivity contribution >= 4 is 21.7 Å². The Kier molecular flexibility index (Phi) is 1.54. The summed E-state index contributed by atoms with van der Waals surface area (Å²) in [5, 5.41) is 9.85. The van der Waals surface area contributed by atoms with Crippen molar-refractivity contribution in [3.63, 3.8) is 0 Å². The molecular weight excluding hydrogens is 178 g/mol. The van der Waals surface area contributed by atoms with Crippen molar-refractivity contribution < 1.29 is 8.42 Å². The maximum atomic E-state index is 10.5. The van der Waals surface area contributed by atoms with Crippen LogP contribution in [0.4, 0.5) is 0 Å². The summed E-state index contributed by atoms with van der Waals surface area (Å²) in [7, 11) is -2.53. The monoisotopic (exact) mass is 183 g/mol. The molecule has 0 aliphatic carbocycles. The number of H-pyrrole nitrogens is 1. The van der Waals surface area contributed by atoms with E-state index in [0.29, 0.717) is 5.52 Å². The van der Waals surface area contributed by atoms with Crippen LogP contribution < -0.4 is 0 Å². The summed E-state index contributed by atoms with van der Waals surface area (Å²) in [5.41, 5.74) is 1.29. The molecule has 6 heteroatoms. The second-order valence-corrected chi connectivity index (χ2v) is 3.30. The number of hydrogen-bond acceptors (Lipinski definition) is 4. The normalized spacial score (nSPS) is 11.1. The summed E-state index contributed by atoms with van der Waals surface area (Å²) in [6, 6.07) is 4.62. The quantitative estimate of drug-likeness (QED) is 0.607. The van der Waals surface area contributed by atoms with E-state index in [2.05, 4.69) is 15.4 Å². The molecule has 1 aromatic carbocycles. The molecule has 0 saturated carbocycles. The van der Waals surface area contributed by atoms with Gasteiger partial charge in [0.15, 0.2) is 10.7 Å². The fraction of sp³-hybridized carbons (Fsp3) is 0. The van der Waals surface area contributed by atoms with Crippen LogP contribution in [0.2, 0.25) is 0 Å². The van der Waals surface area contributed by atoms with E-state index < -0.39 is 10.7 Å². The Balaban J connectivity index is 2.76. The maximum Gasteiger partial charge on any atom is 0.168 e. The molecule has 0 amide bonds. The van der Waals surface area contributed by atoms with Crippen LogP contribution in [0, 0.1) is 0 Å². The average molecular weight is 183 g/mol. The lowest BCUT2D eigenvalue weighted by molar-refractivity contribution is 0.614. The third kappa shape index (κ3) is 1.06. The molecule has 2 rings (SSSR count). The van der Waals surface area contributed by atoms with Crippen molar-refractivity contribution in [2.24, 2.45) is 0 Å². The van der Waals surface area contributed by atoms with E-state index in [4.69, 9.17) is 0 Å². The van der Waals surface area contributed by atoms with Gasteiger partial charge in [0.25, 0.3) is 0 Å². The first-order valence-electron chi connectivity index (χ1n) is 3.22. The Morgan fingerprint density at radius 3 is 2.92 bits per heavy atom. The molecule has 0 spiro atoms. The molecule has 62 valence electrons. The lowest BCUT2D eigenvalue weighted by Gasteiger charge is -1.87. The van der Waals surface area contributed by atoms with Crippen LogP contribution in [-0.4, -0.2) is 23.8 Å². The van der Waals surface area contributed by atoms with E-state index >= 15 is 0 Å². The van der Waals surface area contributed by atoms with Crippen molar-refractivity contribution in [1.29, 1.82) is 0 Å². The van der Waals surface area contributed by atoms with Gasteiger partial charge in [-0.2, -0.15) is 0 Å². The van der Waals surface area contributed by atoms with Gasteiger partial charge in [-0.05, 0) is 18.2 Å². The third-order valence-corrected chi connectivity index (χ3v) is 2.22. The van der Waals surface area contributed by atoms with Gasteiger partial charge in [0.2, 0.25) is 0 Å². The highest BCUT2D eigenvalue weighted by atomic mass is 32.2. The first kappa shape index (κ1) is 7.23. The molecule has 0 unspecified atom stereocenters. The molecule has 0 radical (unpaired) electrons. The Hall–Kier alpha value is -1.43. The number of fused-ring (bicyclic) bond motifs is 1. The van der Waals surface area contributed by atoms with Crippen LogP contribution >= 0.6 is 0 Å². The van der Waals surface area contributed by atoms with Crippen LogP contribution in [-0.2, 0) is 10.7 Å². The van der Waals surface area contributed by atoms with Crippen LogP contribution in [0.5, 0.6) is 0 Å². The van der Waals surface area contributed by atoms with Crippen molar-refractivity contribution in [2.45, 2.75) is 4.90 Å². The van der Waals surface area contributed by atoms with Gasteiger partial charge in [-0.1, -0.05) is 5.21 Å². The van der Waals surface area contributed by atoms with E-state index in [1.807, 2.05) is 0 Å². The van der Waals surface area contributed by atoms with E-state index in [0.717, 1.165) is 5.52 Å². The second-order valence-electron chi connectivity index (χ2n) is 2.27. The van der Waals surface area contributed by atoms with E-state index in [1.165, 1.54) is 12.1 Å². The number of rotatable bonds is 1. The van der Waals surface area contributed by atoms with Crippen LogP contribution in [0.3, 0.4) is 0 Å². The van der Waals surface area contributed by atoms with Gasteiger partial charge in [-0.15, -0.1) is 5.10 Å². The number of thiol groups is 1. The molecule has 1 N–H and O–H groups in total. The van der Waals surface area contributed by atoms with Gasteiger partial charge in [0.1, 0.15) is 5.52 Å². The first-order chi connectivity index (χ1) is 5.77. The molecule has 1 heterocycles. The number of nitrogens with one attached hydrogen (secondary N) is 1. The average Bonchev–Trinajstić information content (AvgIpc) is 2.49. The zero-order valence-corrected chi connectivity index (χ0v) is 6.78. The topological polar surface area (TPSA) is 75.7 Å². The summed E-state index contributed by atoms with van der Waals surface area (Å²) in [6.07, 6.45) is 0. The molecule has 2 aromatic rings. The minimum Gasteiger partial charge on any atom is -0.258 e. The van der Waals surface area contributed by atoms with Crippen molar-refractivity contribution in [2.75, 3.05) is 0 Å². The number of hydrogen-bond donors (Lipinski definition) is 2. The minimum atomic E-state index is -2.53. The molecular formula is C6H5N3O2S. The Morgan fingerprint density at radius 1 is 1.33 bits per heavy atom. The first-order valence-corrected chi connectivity index (χ1v) is 4.40. The fourth-order valence-corrected chi connectivity index (χ4v) is 1.37. The lowest BCUT2D eigenvalue weighted by Crippen LogP contribution is -1.79. The molecule has 12 heavy (non-hydrogen) atoms. The summed E-state index contributed by atoms with van der Waals surface area (Å²) >= 11 is 0. The number of aromatic nitrogens is 3. The zero-order chi connectivity index (χ0) is 8.55. The van der Waals surface area contributed by atoms with Crippen molar-refractivity contribution in [3.05, 3.63) is 18.2 Å². The third-order valence-electron chi connectivity index (χ3n) is 1.52. The lowest BCUT2D eigenvalue weighted by atomic mass is 10.3. The van der Waals surface area contributed by atoms with Crippen LogP contribution in [0.25, 0.3) is 11.0 Å². The molecule has 1 aromatic heterocycles. The van der Waals surface area contributed by atoms with Gasteiger partial charge in [-0.3, -0.25) is 5.10 Å². The predicted octanol–water partition coefficient (Wildman–Crippen LogP) is -0.0718. The SMILES string of the molecule is O=[SH](=O)c1ccc2[nH]nnc2c1. The molecule has 0 atom stereocenters. The largest absolute Gasteiger partial charge is 0.258 e. The summed E-state index contributed by atoms with van der Waals surface area (Å²) in [5.74, 6) is 0. The van der Waals surface area contributed by atoms with Crippen molar-refractivity contribution in [3.8, 4) is 0 Å². The Labute approximate surface area is 69.4 Å². The predicted molar refractivity (Wildman–Crippen MR) is 42.5 cm³/mol. The van der Waals surface area contributed by atoms with Gasteiger partial charge >= 0.3 is 0 Å². The fourth-order valence-electron chi connectivity index (χ4n) is 0.944. The standard InChI is InChI=1S/C6H5N3O2S/c10-12(11)4-1-2-5-6(3-4)8-9-7-5/h1-3,12H,(H,7,8,9). The van der Waals surface area contributed by atoms with Crippen molar-refractivity contribution in [1.82, 2.24) is 15.4 Å². The number of nitrogens with zero attached hydrogens (tertiary/aromatic N) is 2. The second kappa shape index (κ2) is 2.56. The van der Waals surface area contributed by atoms with E-state index in [9.17, 15) is 8.42 Å². The summed E-state index contributed by atoms with van der Waals surface area (Å²) < 4.78 is 21.1. The molecule has 5 nitrogen and oxygen atoms in total. The van der Waals surface area contributed by atoms with Crippen LogP contribution in [0.1, 0.15) is 0 Å². The Morgan fingerprint density at radius 2 is 2.17 bits per heavy atom. The number of benzene rings is 1. The molecule has 0 bridgehead atoms. The van der Waals surface area contributed by atoms with Gasteiger partial charge in [-0.25, -0.2) is 8.42 Å². The molecule has 0 saturated heterocycles. The summed E-state index contributed by atoms with van der Waals surface area (Å²) in [4.78, 5) is 0.256. The highest BCUT2D eigenvalue weighted by Gasteiger charge is 1.99. The molecule has 0 fully saturated rings. The van der Waals surface area contributed by atoms with Gasteiger partial charge in [0.05, 0.1) is 10.4 Å². The zero-order valence-electron chi connectivity index (χ0n) is 5.89. The smallest absolute Gasteiger partial charge is 0.168 e. The van der Waals surface area contributed by atoms with E-state index in [-0.39, 0.29) is 4.90 Å². The van der Waals surface area contributed by atoms with Gasteiger partial charge in [0, 0.05) is 0 Å². The van der Waals surface area contributed by atoms with Gasteiger partial charge < -0.3 is 0 Å². The number of aromatic amines is 1. The highest BCUT2D eigenvalue weighted by molar-refractivity contribution is 7.72. The highest BCUT2D eigenvalue weighted by Crippen LogP contribution is 2.10.